The zero-order valence-corrected chi connectivity index (χ0v) is 21.6. The largest absolute Gasteiger partial charge is 0.459 e. The Kier molecular flexibility index (Phi) is 9.75. The van der Waals surface area contributed by atoms with Crippen LogP contribution in [0, 0.1) is 0 Å². The zero-order valence-electron chi connectivity index (χ0n) is 21.6. The molecular weight excluding hydrogens is 516 g/mol. The molecule has 14 heteroatoms. The molecule has 1 unspecified atom stereocenters. The first-order valence-electron chi connectivity index (χ1n) is 12.1. The Morgan fingerprint density at radius 3 is 2.41 bits per heavy atom. The number of nitrogens with zero attached hydrogens (tertiary/aromatic N) is 2. The van der Waals surface area contributed by atoms with Gasteiger partial charge in [-0.3, -0.25) is 9.36 Å². The molecule has 1 aliphatic rings. The van der Waals surface area contributed by atoms with Crippen LogP contribution in [0.15, 0.2) is 47.4 Å². The van der Waals surface area contributed by atoms with Gasteiger partial charge in [-0.1, -0.05) is 30.3 Å². The molecule has 1 saturated heterocycles. The number of nitrogens with one attached hydrogen (secondary N) is 2. The Labute approximate surface area is 223 Å². The third kappa shape index (κ3) is 8.32. The van der Waals surface area contributed by atoms with Crippen LogP contribution in [-0.2, 0) is 30.4 Å². The number of carbonyl (C=O) groups excluding carboxylic acids is 3. The highest BCUT2D eigenvalue weighted by atomic mass is 16.6. The lowest BCUT2D eigenvalue weighted by atomic mass is 10.1. The molecule has 0 saturated carbocycles. The van der Waals surface area contributed by atoms with E-state index in [0.29, 0.717) is 5.56 Å². The Morgan fingerprint density at radius 1 is 1.13 bits per heavy atom. The summed E-state index contributed by atoms with van der Waals surface area (Å²) in [4.78, 5) is 54.0. The Bertz CT molecular complexity index is 1210. The number of benzene rings is 1. The molecule has 0 spiro atoms. The number of aliphatic hydroxyl groups excluding tert-OH is 3. The van der Waals surface area contributed by atoms with Crippen LogP contribution in [0.25, 0.3) is 0 Å². The number of rotatable bonds is 9. The smallest absolute Gasteiger partial charge is 0.408 e. The van der Waals surface area contributed by atoms with Gasteiger partial charge in [-0.2, -0.15) is 4.98 Å². The maximum absolute atomic E-state index is 12.7. The molecule has 1 aromatic heterocycles. The van der Waals surface area contributed by atoms with Crippen LogP contribution >= 0.6 is 0 Å². The minimum absolute atomic E-state index is 0.0888. The highest BCUT2D eigenvalue weighted by molar-refractivity contribution is 5.94. The SMILES string of the molecule is CC(C)(C)OC(=O)N[C@@H](CC(=O)Nc1ccn([C@@H]2O[C@H](CO)C(O)[C@H]2O)c(=O)n1)C(=O)OCc1ccccc1. The first-order valence-corrected chi connectivity index (χ1v) is 12.1. The van der Waals surface area contributed by atoms with Gasteiger partial charge in [0.2, 0.25) is 5.91 Å². The van der Waals surface area contributed by atoms with Crippen LogP contribution in [0.2, 0.25) is 0 Å². The lowest BCUT2D eigenvalue weighted by Gasteiger charge is -2.22. The summed E-state index contributed by atoms with van der Waals surface area (Å²) < 4.78 is 16.7. The number of esters is 1. The number of hydrogen-bond donors (Lipinski definition) is 5. The van der Waals surface area contributed by atoms with Gasteiger partial charge in [0.1, 0.15) is 42.4 Å². The second-order valence-electron chi connectivity index (χ2n) is 9.78. The molecule has 5 N–H and O–H groups in total. The molecule has 5 atom stereocenters. The van der Waals surface area contributed by atoms with E-state index in [1.165, 1.54) is 12.3 Å². The number of alkyl carbamates (subject to hydrolysis) is 1. The average molecular weight is 549 g/mol. The van der Waals surface area contributed by atoms with Gasteiger partial charge >= 0.3 is 17.8 Å². The summed E-state index contributed by atoms with van der Waals surface area (Å²) in [6.07, 6.45) is -5.62. The summed E-state index contributed by atoms with van der Waals surface area (Å²) >= 11 is 0. The van der Waals surface area contributed by atoms with Crippen molar-refractivity contribution in [1.82, 2.24) is 14.9 Å². The molecule has 1 aromatic carbocycles. The number of anilines is 1. The van der Waals surface area contributed by atoms with E-state index in [2.05, 4.69) is 15.6 Å². The van der Waals surface area contributed by atoms with E-state index >= 15 is 0 Å². The van der Waals surface area contributed by atoms with E-state index in [-0.39, 0.29) is 12.4 Å². The minimum atomic E-state index is -1.50. The number of hydrogen-bond acceptors (Lipinski definition) is 11. The third-order valence-electron chi connectivity index (χ3n) is 5.48. The first-order chi connectivity index (χ1) is 18.4. The topological polar surface area (TPSA) is 199 Å². The van der Waals surface area contributed by atoms with Crippen LogP contribution in [-0.4, -0.2) is 79.4 Å². The summed E-state index contributed by atoms with van der Waals surface area (Å²) in [5.41, 5.74) is -1.08. The molecule has 14 nitrogen and oxygen atoms in total. The zero-order chi connectivity index (χ0) is 28.7. The molecule has 0 aliphatic carbocycles. The molecule has 39 heavy (non-hydrogen) atoms. The van der Waals surface area contributed by atoms with E-state index in [9.17, 15) is 34.5 Å². The van der Waals surface area contributed by atoms with Gasteiger partial charge in [-0.25, -0.2) is 14.4 Å². The predicted octanol–water partition coefficient (Wildman–Crippen LogP) is -0.180. The summed E-state index contributed by atoms with van der Waals surface area (Å²) in [5, 5.41) is 34.0. The Morgan fingerprint density at radius 2 is 1.82 bits per heavy atom. The number of carbonyl (C=O) groups is 3. The molecule has 2 heterocycles. The fraction of sp³-hybridized carbons (Fsp3) is 0.480. The molecule has 0 radical (unpaired) electrons. The monoisotopic (exact) mass is 548 g/mol. The fourth-order valence-electron chi connectivity index (χ4n) is 3.64. The van der Waals surface area contributed by atoms with E-state index in [1.807, 2.05) is 0 Å². The molecule has 2 aromatic rings. The number of aliphatic hydroxyl groups is 3. The predicted molar refractivity (Wildman–Crippen MR) is 134 cm³/mol. The number of ether oxygens (including phenoxy) is 3. The van der Waals surface area contributed by atoms with E-state index in [0.717, 1.165) is 4.57 Å². The quantitative estimate of drug-likeness (QED) is 0.261. The van der Waals surface area contributed by atoms with Crippen molar-refractivity contribution < 1.29 is 43.9 Å². The van der Waals surface area contributed by atoms with Gasteiger partial charge in [0, 0.05) is 6.20 Å². The van der Waals surface area contributed by atoms with Crippen molar-refractivity contribution in [2.24, 2.45) is 0 Å². The second-order valence-corrected chi connectivity index (χ2v) is 9.78. The van der Waals surface area contributed by atoms with Gasteiger partial charge in [0.25, 0.3) is 0 Å². The molecular formula is C25H32N4O10. The van der Waals surface area contributed by atoms with E-state index in [1.54, 1.807) is 51.1 Å². The standard InChI is InChI=1S/C25H32N4O10/c1-25(2,3)39-24(36)26-15(22(34)37-13-14-7-5-4-6-8-14)11-18(31)27-17-9-10-29(23(35)28-17)21-20(33)19(32)16(12-30)38-21/h4-10,15-16,19-21,30,32-33H,11-13H2,1-3H3,(H,26,36)(H,27,28,31,35)/t15-,16+,19?,20+,21+/m0/s1. The number of aromatic nitrogens is 2. The van der Waals surface area contributed by atoms with Gasteiger partial charge in [-0.05, 0) is 32.4 Å². The molecule has 1 fully saturated rings. The van der Waals surface area contributed by atoms with Gasteiger partial charge in [0.05, 0.1) is 13.0 Å². The Balaban J connectivity index is 1.68. The molecule has 2 amide bonds. The second kappa shape index (κ2) is 12.8. The third-order valence-corrected chi connectivity index (χ3v) is 5.48. The minimum Gasteiger partial charge on any atom is -0.459 e. The molecule has 3 rings (SSSR count). The summed E-state index contributed by atoms with van der Waals surface area (Å²) in [6.45, 7) is 4.24. The maximum Gasteiger partial charge on any atom is 0.408 e. The summed E-state index contributed by atoms with van der Waals surface area (Å²) in [5.74, 6) is -1.83. The van der Waals surface area contributed by atoms with Crippen molar-refractivity contribution in [2.75, 3.05) is 11.9 Å². The van der Waals surface area contributed by atoms with Crippen molar-refractivity contribution in [1.29, 1.82) is 0 Å². The van der Waals surface area contributed by atoms with Crippen molar-refractivity contribution in [3.05, 3.63) is 58.6 Å². The lowest BCUT2D eigenvalue weighted by Crippen LogP contribution is -2.46. The van der Waals surface area contributed by atoms with Gasteiger partial charge in [0.15, 0.2) is 6.23 Å². The van der Waals surface area contributed by atoms with E-state index < -0.39 is 72.9 Å². The van der Waals surface area contributed by atoms with Crippen LogP contribution in [0.4, 0.5) is 10.6 Å². The normalized spacial score (nSPS) is 21.6. The fourth-order valence-corrected chi connectivity index (χ4v) is 3.64. The molecule has 1 aliphatic heterocycles. The summed E-state index contributed by atoms with van der Waals surface area (Å²) in [6, 6.07) is 8.63. The molecule has 212 valence electrons. The molecule has 0 bridgehead atoms. The average Bonchev–Trinajstić information content (AvgIpc) is 3.15. The number of amides is 2. The van der Waals surface area contributed by atoms with Crippen LogP contribution < -0.4 is 16.3 Å². The van der Waals surface area contributed by atoms with Crippen LogP contribution in [0.3, 0.4) is 0 Å². The van der Waals surface area contributed by atoms with Crippen molar-refractivity contribution in [3.63, 3.8) is 0 Å². The van der Waals surface area contributed by atoms with Crippen molar-refractivity contribution in [3.8, 4) is 0 Å². The van der Waals surface area contributed by atoms with E-state index in [4.69, 9.17) is 14.2 Å². The van der Waals surface area contributed by atoms with Crippen molar-refractivity contribution in [2.45, 2.75) is 70.0 Å². The van der Waals surface area contributed by atoms with Crippen molar-refractivity contribution >= 4 is 23.8 Å². The van der Waals surface area contributed by atoms with Gasteiger partial charge < -0.3 is 40.2 Å². The maximum atomic E-state index is 12.7. The highest BCUT2D eigenvalue weighted by Crippen LogP contribution is 2.28. The van der Waals surface area contributed by atoms with Gasteiger partial charge in [-0.15, -0.1) is 0 Å². The Hall–Kier alpha value is -3.85. The highest BCUT2D eigenvalue weighted by Gasteiger charge is 2.43. The lowest BCUT2D eigenvalue weighted by molar-refractivity contribution is -0.148. The van der Waals surface area contributed by atoms with Crippen LogP contribution in [0.1, 0.15) is 39.0 Å². The first kappa shape index (κ1) is 29.7. The summed E-state index contributed by atoms with van der Waals surface area (Å²) in [7, 11) is 0. The van der Waals surface area contributed by atoms with Crippen LogP contribution in [0.5, 0.6) is 0 Å².